The van der Waals surface area contributed by atoms with Crippen LogP contribution >= 0.6 is 22.9 Å². The largest absolute Gasteiger partial charge is 0.329 e. The lowest BCUT2D eigenvalue weighted by Crippen LogP contribution is -2.32. The topological polar surface area (TPSA) is 70.6 Å². The van der Waals surface area contributed by atoms with Gasteiger partial charge in [-0.1, -0.05) is 23.7 Å². The summed E-state index contributed by atoms with van der Waals surface area (Å²) in [5, 5.41) is 8.57. The molecule has 0 radical (unpaired) electrons. The zero-order chi connectivity index (χ0) is 15.2. The summed E-state index contributed by atoms with van der Waals surface area (Å²) >= 11 is 7.32. The minimum Gasteiger partial charge on any atom is -0.317 e. The standard InChI is InChI=1S/C14H12ClN3O2S/c1-9-4-5-10(15)7-12(9)17-13(19)14(20)18-16-8-11-3-2-6-21-11/h2-8H,1H3,(H,17,19)(H,18,20)/b16-8-. The third-order valence-corrected chi connectivity index (χ3v) is 3.60. The fourth-order valence-corrected chi connectivity index (χ4v) is 2.24. The Morgan fingerprint density at radius 1 is 1.29 bits per heavy atom. The number of carbonyl (C=O) groups excluding carboxylic acids is 2. The van der Waals surface area contributed by atoms with E-state index in [1.165, 1.54) is 17.6 Å². The van der Waals surface area contributed by atoms with Crippen LogP contribution in [0.2, 0.25) is 5.02 Å². The van der Waals surface area contributed by atoms with E-state index in [-0.39, 0.29) is 0 Å². The van der Waals surface area contributed by atoms with E-state index in [0.29, 0.717) is 10.7 Å². The van der Waals surface area contributed by atoms with Crippen LogP contribution in [-0.2, 0) is 9.59 Å². The molecule has 0 bridgehead atoms. The van der Waals surface area contributed by atoms with Crippen LogP contribution in [0.25, 0.3) is 0 Å². The molecule has 0 aliphatic carbocycles. The van der Waals surface area contributed by atoms with Crippen molar-refractivity contribution < 1.29 is 9.59 Å². The summed E-state index contributed by atoms with van der Waals surface area (Å²) in [4.78, 5) is 24.2. The molecule has 0 saturated heterocycles. The summed E-state index contributed by atoms with van der Waals surface area (Å²) in [7, 11) is 0. The van der Waals surface area contributed by atoms with Crippen LogP contribution in [-0.4, -0.2) is 18.0 Å². The van der Waals surface area contributed by atoms with Gasteiger partial charge in [0.1, 0.15) is 0 Å². The third-order valence-electron chi connectivity index (χ3n) is 2.56. The van der Waals surface area contributed by atoms with Crippen LogP contribution in [0.15, 0.2) is 40.8 Å². The van der Waals surface area contributed by atoms with Crippen molar-refractivity contribution in [1.82, 2.24) is 5.43 Å². The van der Waals surface area contributed by atoms with E-state index in [9.17, 15) is 9.59 Å². The minimum atomic E-state index is -0.845. The molecule has 0 saturated carbocycles. The average molecular weight is 322 g/mol. The maximum Gasteiger partial charge on any atom is 0.329 e. The van der Waals surface area contributed by atoms with Gasteiger partial charge in [-0.3, -0.25) is 9.59 Å². The summed E-state index contributed by atoms with van der Waals surface area (Å²) in [6, 6.07) is 8.75. The van der Waals surface area contributed by atoms with E-state index >= 15 is 0 Å². The van der Waals surface area contributed by atoms with Crippen molar-refractivity contribution in [3.63, 3.8) is 0 Å². The van der Waals surface area contributed by atoms with Crippen molar-refractivity contribution >= 4 is 46.7 Å². The van der Waals surface area contributed by atoms with Gasteiger partial charge in [-0.2, -0.15) is 5.10 Å². The summed E-state index contributed by atoms with van der Waals surface area (Å²) < 4.78 is 0. The first-order valence-corrected chi connectivity index (χ1v) is 7.26. The van der Waals surface area contributed by atoms with Gasteiger partial charge in [0.2, 0.25) is 0 Å². The second-order valence-corrected chi connectivity index (χ2v) is 5.54. The molecule has 108 valence electrons. The predicted octanol–water partition coefficient (Wildman–Crippen LogP) is 2.80. The second kappa shape index (κ2) is 7.01. The van der Waals surface area contributed by atoms with Crippen molar-refractivity contribution in [2.24, 2.45) is 5.10 Å². The lowest BCUT2D eigenvalue weighted by atomic mass is 10.2. The van der Waals surface area contributed by atoms with Gasteiger partial charge < -0.3 is 5.32 Å². The number of thiophene rings is 1. The molecule has 5 nitrogen and oxygen atoms in total. The summed E-state index contributed by atoms with van der Waals surface area (Å²) in [5.74, 6) is -1.65. The number of nitrogens with one attached hydrogen (secondary N) is 2. The van der Waals surface area contributed by atoms with Gasteiger partial charge in [0.05, 0.1) is 6.21 Å². The molecule has 0 spiro atoms. The number of amides is 2. The third kappa shape index (κ3) is 4.40. The Morgan fingerprint density at radius 2 is 2.10 bits per heavy atom. The van der Waals surface area contributed by atoms with Gasteiger partial charge in [-0.25, -0.2) is 5.43 Å². The number of nitrogens with zero attached hydrogens (tertiary/aromatic N) is 1. The number of benzene rings is 1. The molecule has 1 aromatic carbocycles. The Morgan fingerprint density at radius 3 is 2.81 bits per heavy atom. The lowest BCUT2D eigenvalue weighted by molar-refractivity contribution is -0.136. The Bertz CT molecular complexity index is 684. The molecule has 21 heavy (non-hydrogen) atoms. The normalized spacial score (nSPS) is 10.6. The van der Waals surface area contributed by atoms with E-state index in [4.69, 9.17) is 11.6 Å². The number of hydrazone groups is 1. The Kier molecular flexibility index (Phi) is 5.08. The van der Waals surface area contributed by atoms with Crippen LogP contribution in [0.5, 0.6) is 0 Å². The zero-order valence-corrected chi connectivity index (χ0v) is 12.7. The van der Waals surface area contributed by atoms with Gasteiger partial charge in [-0.05, 0) is 36.1 Å². The maximum absolute atomic E-state index is 11.7. The molecule has 2 rings (SSSR count). The molecule has 0 fully saturated rings. The molecule has 0 aliphatic rings. The monoisotopic (exact) mass is 321 g/mol. The second-order valence-electron chi connectivity index (χ2n) is 4.13. The molecular weight excluding hydrogens is 310 g/mol. The highest BCUT2D eigenvalue weighted by molar-refractivity contribution is 7.11. The van der Waals surface area contributed by atoms with E-state index in [1.807, 2.05) is 17.5 Å². The van der Waals surface area contributed by atoms with Crippen LogP contribution in [0.3, 0.4) is 0 Å². The smallest absolute Gasteiger partial charge is 0.317 e. The quantitative estimate of drug-likeness (QED) is 0.518. The molecule has 0 unspecified atom stereocenters. The molecule has 2 amide bonds. The molecule has 1 heterocycles. The SMILES string of the molecule is Cc1ccc(Cl)cc1NC(=O)C(=O)N/N=C\c1cccs1. The molecule has 2 N–H and O–H groups in total. The molecule has 0 atom stereocenters. The van der Waals surface area contributed by atoms with Gasteiger partial charge >= 0.3 is 11.8 Å². The fraction of sp³-hybridized carbons (Fsp3) is 0.0714. The lowest BCUT2D eigenvalue weighted by Gasteiger charge is -2.07. The number of anilines is 1. The highest BCUT2D eigenvalue weighted by Crippen LogP contribution is 2.19. The van der Waals surface area contributed by atoms with Crippen LogP contribution < -0.4 is 10.7 Å². The number of aryl methyl sites for hydroxylation is 1. The first kappa shape index (κ1) is 15.2. The number of rotatable bonds is 3. The van der Waals surface area contributed by atoms with Crippen molar-refractivity contribution in [1.29, 1.82) is 0 Å². The van der Waals surface area contributed by atoms with Gasteiger partial charge in [0.25, 0.3) is 0 Å². The van der Waals surface area contributed by atoms with Crippen molar-refractivity contribution in [3.05, 3.63) is 51.2 Å². The highest BCUT2D eigenvalue weighted by atomic mass is 35.5. The van der Waals surface area contributed by atoms with Crippen molar-refractivity contribution in [2.75, 3.05) is 5.32 Å². The summed E-state index contributed by atoms with van der Waals surface area (Å²) in [5.41, 5.74) is 3.47. The van der Waals surface area contributed by atoms with Crippen LogP contribution in [0.1, 0.15) is 10.4 Å². The van der Waals surface area contributed by atoms with Crippen molar-refractivity contribution in [3.8, 4) is 0 Å². The molecule has 2 aromatic rings. The maximum atomic E-state index is 11.7. The number of halogens is 1. The van der Waals surface area contributed by atoms with Crippen LogP contribution in [0.4, 0.5) is 5.69 Å². The van der Waals surface area contributed by atoms with Crippen LogP contribution in [0, 0.1) is 6.92 Å². The average Bonchev–Trinajstić information content (AvgIpc) is 2.96. The molecule has 7 heteroatoms. The number of hydrogen-bond donors (Lipinski definition) is 2. The first-order valence-electron chi connectivity index (χ1n) is 6.00. The van der Waals surface area contributed by atoms with Gasteiger partial charge in [0, 0.05) is 15.6 Å². The molecular formula is C14H12ClN3O2S. The van der Waals surface area contributed by atoms with Gasteiger partial charge in [0.15, 0.2) is 0 Å². The van der Waals surface area contributed by atoms with Gasteiger partial charge in [-0.15, -0.1) is 11.3 Å². The summed E-state index contributed by atoms with van der Waals surface area (Å²) in [6.07, 6.45) is 1.47. The van der Waals surface area contributed by atoms with E-state index in [0.717, 1.165) is 10.4 Å². The van der Waals surface area contributed by atoms with E-state index < -0.39 is 11.8 Å². The predicted molar refractivity (Wildman–Crippen MR) is 84.9 cm³/mol. The minimum absolute atomic E-state index is 0.479. The zero-order valence-electron chi connectivity index (χ0n) is 11.1. The molecule has 0 aliphatic heterocycles. The molecule has 1 aromatic heterocycles. The van der Waals surface area contributed by atoms with Crippen molar-refractivity contribution in [2.45, 2.75) is 6.92 Å². The summed E-state index contributed by atoms with van der Waals surface area (Å²) in [6.45, 7) is 1.80. The Balaban J connectivity index is 1.93. The first-order chi connectivity index (χ1) is 10.1. The van der Waals surface area contributed by atoms with E-state index in [2.05, 4.69) is 15.8 Å². The highest BCUT2D eigenvalue weighted by Gasteiger charge is 2.14. The Hall–Kier alpha value is -2.18. The number of carbonyl (C=O) groups is 2. The fourth-order valence-electron chi connectivity index (χ4n) is 1.48. The Labute approximate surface area is 130 Å². The van der Waals surface area contributed by atoms with E-state index in [1.54, 1.807) is 25.1 Å². The number of hydrogen-bond acceptors (Lipinski definition) is 4.